The molecule has 0 amide bonds. The van der Waals surface area contributed by atoms with Crippen molar-refractivity contribution in [2.45, 2.75) is 38.5 Å². The minimum atomic E-state index is 0.650. The molecule has 0 nitrogen and oxygen atoms in total. The van der Waals surface area contributed by atoms with E-state index in [0.29, 0.717) is 5.41 Å². The Morgan fingerprint density at radius 1 is 1.18 bits per heavy atom. The first kappa shape index (κ1) is 6.77. The van der Waals surface area contributed by atoms with E-state index >= 15 is 0 Å². The van der Waals surface area contributed by atoms with Gasteiger partial charge in [-0.15, -0.1) is 11.6 Å². The third-order valence-corrected chi connectivity index (χ3v) is 5.00. The molecule has 0 aliphatic heterocycles. The highest BCUT2D eigenvalue weighted by molar-refractivity contribution is 6.18. The lowest BCUT2D eigenvalue weighted by Gasteiger charge is -2.74. The zero-order chi connectivity index (χ0) is 7.53. The predicted octanol–water partition coefficient (Wildman–Crippen LogP) is 3.20. The van der Waals surface area contributed by atoms with Gasteiger partial charge in [-0.05, 0) is 48.9 Å². The molecule has 0 N–H and O–H groups in total. The van der Waals surface area contributed by atoms with E-state index in [1.807, 2.05) is 0 Å². The highest BCUT2D eigenvalue weighted by atomic mass is 35.5. The Morgan fingerprint density at radius 2 is 1.82 bits per heavy atom. The van der Waals surface area contributed by atoms with Gasteiger partial charge in [-0.3, -0.25) is 0 Å². The van der Waals surface area contributed by atoms with Crippen molar-refractivity contribution in [2.75, 3.05) is 5.88 Å². The van der Waals surface area contributed by atoms with Crippen LogP contribution in [-0.2, 0) is 0 Å². The molecule has 0 aromatic carbocycles. The second-order valence-electron chi connectivity index (χ2n) is 5.15. The maximum Gasteiger partial charge on any atom is 0.0280 e. The summed E-state index contributed by atoms with van der Waals surface area (Å²) in [5, 5.41) is 0. The van der Waals surface area contributed by atoms with Crippen molar-refractivity contribution in [2.24, 2.45) is 16.7 Å². The smallest absolute Gasteiger partial charge is 0.0280 e. The molecule has 0 aromatic rings. The normalized spacial score (nSPS) is 54.3. The van der Waals surface area contributed by atoms with Crippen LogP contribution in [0.25, 0.3) is 0 Å². The Morgan fingerprint density at radius 3 is 2.18 bits per heavy atom. The molecule has 1 heteroatoms. The van der Waals surface area contributed by atoms with E-state index in [-0.39, 0.29) is 0 Å². The van der Waals surface area contributed by atoms with Gasteiger partial charge in [0.25, 0.3) is 0 Å². The van der Waals surface area contributed by atoms with Crippen molar-refractivity contribution in [3.8, 4) is 0 Å². The van der Waals surface area contributed by atoms with Gasteiger partial charge in [0.2, 0.25) is 0 Å². The standard InChI is InChI=1S/C10H15Cl/c11-7-9-4-10(5-9,6-9)8-2-1-3-8/h8H,1-7H2. The lowest BCUT2D eigenvalue weighted by Crippen LogP contribution is -2.66. The lowest BCUT2D eigenvalue weighted by molar-refractivity contribution is -0.236. The van der Waals surface area contributed by atoms with Gasteiger partial charge >= 0.3 is 0 Å². The molecule has 0 aromatic heterocycles. The van der Waals surface area contributed by atoms with E-state index in [1.54, 1.807) is 0 Å². The summed E-state index contributed by atoms with van der Waals surface area (Å²) in [6.07, 6.45) is 8.99. The summed E-state index contributed by atoms with van der Waals surface area (Å²) in [6.45, 7) is 0. The Labute approximate surface area is 73.3 Å². The molecular formula is C10H15Cl. The number of rotatable bonds is 2. The van der Waals surface area contributed by atoms with E-state index < -0.39 is 0 Å². The highest BCUT2D eigenvalue weighted by Crippen LogP contribution is 2.78. The van der Waals surface area contributed by atoms with Crippen molar-refractivity contribution in [1.29, 1.82) is 0 Å². The van der Waals surface area contributed by atoms with Gasteiger partial charge in [0.15, 0.2) is 0 Å². The second kappa shape index (κ2) is 1.79. The van der Waals surface area contributed by atoms with Crippen LogP contribution in [0, 0.1) is 16.7 Å². The van der Waals surface area contributed by atoms with Gasteiger partial charge in [0.05, 0.1) is 0 Å². The van der Waals surface area contributed by atoms with Crippen LogP contribution in [0.15, 0.2) is 0 Å². The number of hydrogen-bond donors (Lipinski definition) is 0. The monoisotopic (exact) mass is 170 g/mol. The van der Waals surface area contributed by atoms with E-state index in [1.165, 1.54) is 38.5 Å². The summed E-state index contributed by atoms with van der Waals surface area (Å²) in [6, 6.07) is 0. The Bertz CT molecular complexity index is 173. The van der Waals surface area contributed by atoms with E-state index in [2.05, 4.69) is 0 Å². The summed E-state index contributed by atoms with van der Waals surface area (Å²) >= 11 is 5.91. The first-order valence-electron chi connectivity index (χ1n) is 4.85. The second-order valence-corrected chi connectivity index (χ2v) is 5.42. The fourth-order valence-corrected chi connectivity index (χ4v) is 3.96. The zero-order valence-corrected chi connectivity index (χ0v) is 7.66. The van der Waals surface area contributed by atoms with Crippen LogP contribution in [0.5, 0.6) is 0 Å². The largest absolute Gasteiger partial charge is 0.126 e. The molecule has 4 saturated carbocycles. The van der Waals surface area contributed by atoms with Crippen LogP contribution in [0.1, 0.15) is 38.5 Å². The Kier molecular flexibility index (Phi) is 1.10. The summed E-state index contributed by atoms with van der Waals surface area (Å²) in [5.74, 6) is 2.05. The van der Waals surface area contributed by atoms with Crippen LogP contribution >= 0.6 is 11.6 Å². The molecule has 4 rings (SSSR count). The topological polar surface area (TPSA) is 0 Å². The van der Waals surface area contributed by atoms with Crippen LogP contribution in [0.3, 0.4) is 0 Å². The van der Waals surface area contributed by atoms with Crippen LogP contribution < -0.4 is 0 Å². The van der Waals surface area contributed by atoms with Crippen molar-refractivity contribution < 1.29 is 0 Å². The zero-order valence-electron chi connectivity index (χ0n) is 6.91. The lowest BCUT2D eigenvalue weighted by atomic mass is 9.31. The fourth-order valence-electron chi connectivity index (χ4n) is 3.68. The van der Waals surface area contributed by atoms with E-state index in [4.69, 9.17) is 11.6 Å². The quantitative estimate of drug-likeness (QED) is 0.559. The maximum absolute atomic E-state index is 5.91. The molecule has 0 atom stereocenters. The SMILES string of the molecule is ClCC12CC(C3CCC3)(C1)C2. The molecule has 4 aliphatic carbocycles. The summed E-state index contributed by atoms with van der Waals surface area (Å²) in [7, 11) is 0. The van der Waals surface area contributed by atoms with Crippen LogP contribution in [0.2, 0.25) is 0 Å². The Hall–Kier alpha value is 0.290. The molecule has 4 fully saturated rings. The van der Waals surface area contributed by atoms with Crippen molar-refractivity contribution in [3.63, 3.8) is 0 Å². The van der Waals surface area contributed by atoms with E-state index in [9.17, 15) is 0 Å². The van der Waals surface area contributed by atoms with Gasteiger partial charge in [0, 0.05) is 5.88 Å². The highest BCUT2D eigenvalue weighted by Gasteiger charge is 2.69. The molecule has 0 heterocycles. The van der Waals surface area contributed by atoms with Gasteiger partial charge in [-0.1, -0.05) is 6.42 Å². The number of alkyl halides is 1. The predicted molar refractivity (Wildman–Crippen MR) is 46.8 cm³/mol. The molecular weight excluding hydrogens is 156 g/mol. The van der Waals surface area contributed by atoms with Crippen molar-refractivity contribution in [1.82, 2.24) is 0 Å². The van der Waals surface area contributed by atoms with Crippen molar-refractivity contribution in [3.05, 3.63) is 0 Å². The summed E-state index contributed by atoms with van der Waals surface area (Å²) in [5.41, 5.74) is 1.49. The van der Waals surface area contributed by atoms with Gasteiger partial charge in [-0.25, -0.2) is 0 Å². The first-order chi connectivity index (χ1) is 5.29. The number of hydrogen-bond acceptors (Lipinski definition) is 0. The molecule has 4 aliphatic rings. The van der Waals surface area contributed by atoms with Crippen LogP contribution in [0.4, 0.5) is 0 Å². The molecule has 0 unspecified atom stereocenters. The van der Waals surface area contributed by atoms with Gasteiger partial charge < -0.3 is 0 Å². The minimum Gasteiger partial charge on any atom is -0.126 e. The molecule has 2 bridgehead atoms. The summed E-state index contributed by atoms with van der Waals surface area (Å²) < 4.78 is 0. The third-order valence-electron chi connectivity index (χ3n) is 4.44. The molecule has 11 heavy (non-hydrogen) atoms. The average molecular weight is 171 g/mol. The molecule has 0 radical (unpaired) electrons. The molecule has 0 saturated heterocycles. The molecule has 0 spiro atoms. The minimum absolute atomic E-state index is 0.650. The summed E-state index contributed by atoms with van der Waals surface area (Å²) in [4.78, 5) is 0. The maximum atomic E-state index is 5.91. The van der Waals surface area contributed by atoms with Crippen LogP contribution in [-0.4, -0.2) is 5.88 Å². The van der Waals surface area contributed by atoms with Gasteiger partial charge in [-0.2, -0.15) is 0 Å². The first-order valence-corrected chi connectivity index (χ1v) is 5.38. The van der Waals surface area contributed by atoms with E-state index in [0.717, 1.165) is 17.2 Å². The van der Waals surface area contributed by atoms with Crippen molar-refractivity contribution >= 4 is 11.6 Å². The molecule has 62 valence electrons. The third kappa shape index (κ3) is 0.638. The van der Waals surface area contributed by atoms with Gasteiger partial charge in [0.1, 0.15) is 0 Å². The average Bonchev–Trinajstić information content (AvgIpc) is 1.68. The number of halogens is 1. The fraction of sp³-hybridized carbons (Fsp3) is 1.00. The Balaban J connectivity index is 1.68.